The van der Waals surface area contributed by atoms with Gasteiger partial charge >= 0.3 is 24.1 Å². The fourth-order valence-corrected chi connectivity index (χ4v) is 17.2. The van der Waals surface area contributed by atoms with E-state index in [1.165, 1.54) is 23.3 Å². The Morgan fingerprint density at radius 2 is 1.24 bits per heavy atom. The summed E-state index contributed by atoms with van der Waals surface area (Å²) in [5.41, 5.74) is -2.65. The summed E-state index contributed by atoms with van der Waals surface area (Å²) in [7, 11) is 0. The summed E-state index contributed by atoms with van der Waals surface area (Å²) in [6, 6.07) is 3.12. The lowest BCUT2D eigenvalue weighted by Gasteiger charge is -2.46. The minimum Gasteiger partial charge on any atom is -0.457 e. The van der Waals surface area contributed by atoms with Crippen molar-refractivity contribution in [2.75, 3.05) is 6.54 Å². The molecule has 23 nitrogen and oxygen atoms in total. The molecule has 0 saturated carbocycles. The van der Waals surface area contributed by atoms with Crippen molar-refractivity contribution in [1.29, 1.82) is 0 Å². The number of Topliss-reactive ketones (excluding diaryl/α,β-unsaturated/α-hetero) is 4. The van der Waals surface area contributed by atoms with Gasteiger partial charge in [-0.25, -0.2) is 29.1 Å². The number of aliphatic hydroxyl groups excluding tert-OH is 1. The van der Waals surface area contributed by atoms with Gasteiger partial charge in [0.2, 0.25) is 0 Å². The standard InChI is InChI=1S/C43H66N4O9.C35H54N2O8/c1-13-31-43(14-2)35(46(40(52)56-43)20-16-18-42(11,12)47-23-45-37-30(47)17-15-19-44-37)27(6)32(48)25(4)22-41(9,10)36(28(7)34(50)29(8)38(51)54-31)55-39-33(49)24(3)21-26(5)53-39;1-12-27-35(13-2,45-33(41)37-15-14-36-19-37)18-22(5)28(38)21(4)17-34(10,11)30(25(8)29(39)26(9)31(40)43-27)44-32-24(7)20(3)16-23(6)42-32/h15,17,19,23-29,31,33,35-36,39,49H,13-14,16,18,20-22H2,1-12H3;14-15,18-21,23-27,30,32H,12-13,16-17H2,1-11H3/b;22-18+/t24-,25+,26+,27-,28-,29+,31+,33+,35+,36+,39?,43+;20-,21+,23+,24+,25-,26+,27+,30+,32?,35-/m00/s1. The number of esters is 2. The van der Waals surface area contributed by atoms with Gasteiger partial charge < -0.3 is 52.5 Å². The molecule has 101 heavy (non-hydrogen) atoms. The number of ether oxygens (including phenoxy) is 8. The maximum atomic E-state index is 14.8. The summed E-state index contributed by atoms with van der Waals surface area (Å²) in [5.74, 6) is -7.43. The minimum atomic E-state index is -1.47. The van der Waals surface area contributed by atoms with Gasteiger partial charge in [-0.1, -0.05) is 111 Å². The normalized spacial score (nSPS) is 37.0. The average molecular weight is 1410 g/mol. The molecular formula is C78H120N6O17. The number of aromatic nitrogens is 5. The number of aliphatic hydroxyl groups is 1. The number of pyridine rings is 1. The van der Waals surface area contributed by atoms with Crippen molar-refractivity contribution in [2.24, 2.45) is 70.0 Å². The number of hydrogen-bond acceptors (Lipinski definition) is 20. The molecule has 8 rings (SSSR count). The number of nitrogens with zero attached hydrogens (tertiary/aromatic N) is 6. The van der Waals surface area contributed by atoms with Gasteiger partial charge in [-0.15, -0.1) is 0 Å². The SMILES string of the molecule is CC[C@H]1OC(=O)[C@H](C)C(=O)[C@H](C)[C@@H](OC2O[C@H](C)C[C@H](C)[C@H]2C)C(C)(C)C[C@@H](C)C(=O)/C(C)=C/[C@]1(CC)OC(=O)n1ccnc1.CC[C@H]1OC(=O)[C@H](C)C(=O)[C@H](C)[C@@H](OC2O[C@H](C)C[C@H](C)[C@H]2O)C(C)(C)C[C@@H](C)C(=O)[C@H](C)[C@H]2N(CCCC(C)(C)n3cnc4ncccc43)C(=O)O[C@]12CC. The molecule has 5 aliphatic heterocycles. The third-order valence-electron chi connectivity index (χ3n) is 23.1. The molecule has 0 spiro atoms. The third kappa shape index (κ3) is 17.8. The van der Waals surface area contributed by atoms with Crippen molar-refractivity contribution in [3.63, 3.8) is 0 Å². The summed E-state index contributed by atoms with van der Waals surface area (Å²) < 4.78 is 53.6. The van der Waals surface area contributed by atoms with Crippen LogP contribution in [-0.2, 0) is 72.2 Å². The monoisotopic (exact) mass is 1410 g/mol. The number of amides is 1. The van der Waals surface area contributed by atoms with Crippen molar-refractivity contribution >= 4 is 58.4 Å². The fourth-order valence-electron chi connectivity index (χ4n) is 17.2. The zero-order valence-electron chi connectivity index (χ0n) is 64.6. The Labute approximate surface area is 599 Å². The van der Waals surface area contributed by atoms with E-state index in [2.05, 4.69) is 47.2 Å². The van der Waals surface area contributed by atoms with Gasteiger partial charge in [0.15, 0.2) is 46.8 Å². The summed E-state index contributed by atoms with van der Waals surface area (Å²) in [5, 5.41) is 11.1. The molecule has 4 saturated heterocycles. The highest BCUT2D eigenvalue weighted by Gasteiger charge is 2.62. The second kappa shape index (κ2) is 33.2. The van der Waals surface area contributed by atoms with Crippen LogP contribution < -0.4 is 0 Å². The third-order valence-corrected chi connectivity index (χ3v) is 23.1. The molecule has 0 radical (unpaired) electrons. The van der Waals surface area contributed by atoms with Crippen LogP contribution in [0.3, 0.4) is 0 Å². The van der Waals surface area contributed by atoms with E-state index in [1.54, 1.807) is 72.0 Å². The molecular weight excluding hydrogens is 1290 g/mol. The second-order valence-electron chi connectivity index (χ2n) is 32.4. The number of imidazole rings is 2. The number of allylic oxidation sites excluding steroid dienone is 1. The van der Waals surface area contributed by atoms with Crippen LogP contribution >= 0.6 is 0 Å². The fraction of sp³-hybridized carbons (Fsp3) is 0.756. The zero-order valence-corrected chi connectivity index (χ0v) is 64.6. The Hall–Kier alpha value is -6.27. The molecule has 22 atom stereocenters. The van der Waals surface area contributed by atoms with Crippen molar-refractivity contribution in [1.82, 2.24) is 29.0 Å². The maximum Gasteiger partial charge on any atom is 0.420 e. The van der Waals surface area contributed by atoms with E-state index in [0.717, 1.165) is 11.9 Å². The van der Waals surface area contributed by atoms with Gasteiger partial charge in [0.05, 0.1) is 42.3 Å². The van der Waals surface area contributed by atoms with Crippen LogP contribution in [0.1, 0.15) is 223 Å². The van der Waals surface area contributed by atoms with E-state index >= 15 is 0 Å². The van der Waals surface area contributed by atoms with E-state index in [0.29, 0.717) is 62.2 Å². The summed E-state index contributed by atoms with van der Waals surface area (Å²) in [6.45, 7) is 43.8. The van der Waals surface area contributed by atoms with Crippen molar-refractivity contribution in [2.45, 2.75) is 302 Å². The number of ketones is 4. The topological polar surface area (TPSA) is 282 Å². The number of hydrogen-bond donors (Lipinski definition) is 1. The quantitative estimate of drug-likeness (QED) is 0.0891. The zero-order chi connectivity index (χ0) is 75.3. The lowest BCUT2D eigenvalue weighted by Crippen LogP contribution is -2.59. The number of carbonyl (C=O) groups is 8. The van der Waals surface area contributed by atoms with Crippen molar-refractivity contribution in [3.8, 4) is 0 Å². The largest absolute Gasteiger partial charge is 0.457 e. The molecule has 1 amide bonds. The smallest absolute Gasteiger partial charge is 0.420 e. The Morgan fingerprint density at radius 3 is 1.79 bits per heavy atom. The first-order chi connectivity index (χ1) is 47.2. The van der Waals surface area contributed by atoms with Crippen LogP contribution in [-0.4, -0.2) is 160 Å². The molecule has 564 valence electrons. The van der Waals surface area contributed by atoms with E-state index in [4.69, 9.17) is 37.9 Å². The Bertz CT molecular complexity index is 3420. The molecule has 23 heteroatoms. The molecule has 8 heterocycles. The van der Waals surface area contributed by atoms with Crippen LogP contribution in [0.15, 0.2) is 55.0 Å². The highest BCUT2D eigenvalue weighted by Crippen LogP contribution is 2.48. The molecule has 0 bridgehead atoms. The van der Waals surface area contributed by atoms with Gasteiger partial charge in [-0.2, -0.15) is 0 Å². The van der Waals surface area contributed by atoms with Crippen molar-refractivity contribution < 1.29 is 81.4 Å². The first-order valence-corrected chi connectivity index (χ1v) is 37.2. The predicted octanol–water partition coefficient (Wildman–Crippen LogP) is 13.4. The molecule has 0 aromatic carbocycles. The molecule has 3 aromatic heterocycles. The Kier molecular flexibility index (Phi) is 27.0. The highest BCUT2D eigenvalue weighted by atomic mass is 16.7. The molecule has 5 aliphatic rings. The van der Waals surface area contributed by atoms with Crippen LogP contribution in [0.2, 0.25) is 0 Å². The van der Waals surface area contributed by atoms with E-state index in [1.807, 2.05) is 95.2 Å². The molecule has 4 fully saturated rings. The van der Waals surface area contributed by atoms with Gasteiger partial charge in [-0.3, -0.25) is 28.8 Å². The second-order valence-corrected chi connectivity index (χ2v) is 32.4. The van der Waals surface area contributed by atoms with E-state index in [-0.39, 0.29) is 72.0 Å². The summed E-state index contributed by atoms with van der Waals surface area (Å²) in [6.07, 6.45) is 6.80. The Morgan fingerprint density at radius 1 is 0.683 bits per heavy atom. The maximum absolute atomic E-state index is 14.8. The summed E-state index contributed by atoms with van der Waals surface area (Å²) >= 11 is 0. The van der Waals surface area contributed by atoms with Gasteiger partial charge in [0.1, 0.15) is 42.3 Å². The predicted molar refractivity (Wildman–Crippen MR) is 379 cm³/mol. The van der Waals surface area contributed by atoms with E-state index < -0.39 is 137 Å². The number of cyclic esters (lactones) is 2. The number of fused-ring (bicyclic) bond motifs is 2. The minimum absolute atomic E-state index is 0.00343. The van der Waals surface area contributed by atoms with Gasteiger partial charge in [0.25, 0.3) is 0 Å². The Balaban J connectivity index is 0.000000291. The number of rotatable bonds is 14. The average Bonchev–Trinajstić information content (AvgIpc) is 1.44. The lowest BCUT2D eigenvalue weighted by atomic mass is 9.68. The van der Waals surface area contributed by atoms with Gasteiger partial charge in [-0.05, 0) is 159 Å². The summed E-state index contributed by atoms with van der Waals surface area (Å²) in [4.78, 5) is 126. The molecule has 2 unspecified atom stereocenters. The molecule has 3 aromatic rings. The first-order valence-electron chi connectivity index (χ1n) is 37.2. The number of carbonyl (C=O) groups excluding carboxylic acids is 8. The van der Waals surface area contributed by atoms with E-state index in [9.17, 15) is 43.5 Å². The van der Waals surface area contributed by atoms with Crippen LogP contribution in [0.4, 0.5) is 9.59 Å². The van der Waals surface area contributed by atoms with Crippen LogP contribution in [0.5, 0.6) is 0 Å². The lowest BCUT2D eigenvalue weighted by molar-refractivity contribution is -0.284. The van der Waals surface area contributed by atoms with Crippen LogP contribution in [0.25, 0.3) is 11.2 Å². The van der Waals surface area contributed by atoms with Crippen molar-refractivity contribution in [3.05, 3.63) is 55.0 Å². The molecule has 0 aliphatic carbocycles. The first kappa shape index (κ1) is 82.0. The van der Waals surface area contributed by atoms with Crippen LogP contribution in [0, 0.1) is 70.0 Å². The van der Waals surface area contributed by atoms with Gasteiger partial charge in [0, 0.05) is 66.2 Å². The molecule has 1 N–H and O–H groups in total. The highest BCUT2D eigenvalue weighted by molar-refractivity contribution is 6.01.